The maximum atomic E-state index is 10.9. The highest BCUT2D eigenvalue weighted by Crippen LogP contribution is 2.20. The molecular weight excluding hydrogens is 292 g/mol. The minimum atomic E-state index is -0.952. The van der Waals surface area contributed by atoms with Gasteiger partial charge in [0.15, 0.2) is 0 Å². The lowest BCUT2D eigenvalue weighted by molar-refractivity contribution is 0.0697. The van der Waals surface area contributed by atoms with Gasteiger partial charge in [0.1, 0.15) is 11.6 Å². The summed E-state index contributed by atoms with van der Waals surface area (Å²) in [4.78, 5) is 23.9. The van der Waals surface area contributed by atoms with Gasteiger partial charge in [-0.05, 0) is 43.3 Å². The normalized spacial score (nSPS) is 10.3. The van der Waals surface area contributed by atoms with Gasteiger partial charge in [-0.2, -0.15) is 0 Å². The molecule has 0 radical (unpaired) electrons. The first-order chi connectivity index (χ1) is 11.1. The molecule has 0 bridgehead atoms. The standard InChI is InChI=1S/C17H14N4O2/c1-11-19-15(14-4-2-3-9-18-14)10-16(20-11)21-13-7-5-12(6-8-13)17(22)23/h2-10H,1H3,(H,22,23)(H,19,20,21). The number of pyridine rings is 1. The number of aryl methyl sites for hydroxylation is 1. The van der Waals surface area contributed by atoms with Gasteiger partial charge in [0, 0.05) is 18.0 Å². The van der Waals surface area contributed by atoms with Gasteiger partial charge in [0.25, 0.3) is 0 Å². The topological polar surface area (TPSA) is 88.0 Å². The van der Waals surface area contributed by atoms with Crippen LogP contribution in [0.25, 0.3) is 11.4 Å². The van der Waals surface area contributed by atoms with E-state index in [0.717, 1.165) is 17.1 Å². The zero-order valence-electron chi connectivity index (χ0n) is 12.4. The van der Waals surface area contributed by atoms with Gasteiger partial charge in [-0.1, -0.05) is 6.07 Å². The Morgan fingerprint density at radius 2 is 1.83 bits per heavy atom. The lowest BCUT2D eigenvalue weighted by Crippen LogP contribution is -2.00. The second kappa shape index (κ2) is 6.23. The molecule has 23 heavy (non-hydrogen) atoms. The Hall–Kier alpha value is -3.28. The lowest BCUT2D eigenvalue weighted by Gasteiger charge is -2.08. The van der Waals surface area contributed by atoms with Crippen LogP contribution in [0.15, 0.2) is 54.7 Å². The number of anilines is 2. The number of benzene rings is 1. The van der Waals surface area contributed by atoms with Gasteiger partial charge in [0.2, 0.25) is 0 Å². The predicted molar refractivity (Wildman–Crippen MR) is 86.7 cm³/mol. The summed E-state index contributed by atoms with van der Waals surface area (Å²) in [5, 5.41) is 12.1. The summed E-state index contributed by atoms with van der Waals surface area (Å²) in [5.74, 6) is 0.297. The average Bonchev–Trinajstić information content (AvgIpc) is 2.55. The predicted octanol–water partition coefficient (Wildman–Crippen LogP) is 3.29. The summed E-state index contributed by atoms with van der Waals surface area (Å²) in [7, 11) is 0. The molecule has 3 rings (SSSR count). The van der Waals surface area contributed by atoms with Crippen LogP contribution in [-0.2, 0) is 0 Å². The van der Waals surface area contributed by atoms with Crippen LogP contribution >= 0.6 is 0 Å². The third-order valence-electron chi connectivity index (χ3n) is 3.17. The molecular formula is C17H14N4O2. The monoisotopic (exact) mass is 306 g/mol. The van der Waals surface area contributed by atoms with E-state index in [1.165, 1.54) is 0 Å². The third kappa shape index (κ3) is 3.49. The van der Waals surface area contributed by atoms with Crippen LogP contribution in [0.3, 0.4) is 0 Å². The second-order valence-electron chi connectivity index (χ2n) is 4.91. The summed E-state index contributed by atoms with van der Waals surface area (Å²) in [6.07, 6.45) is 1.71. The molecule has 0 unspecified atom stereocenters. The lowest BCUT2D eigenvalue weighted by atomic mass is 10.2. The van der Waals surface area contributed by atoms with Crippen LogP contribution in [0.5, 0.6) is 0 Å². The molecule has 0 spiro atoms. The average molecular weight is 306 g/mol. The first-order valence-corrected chi connectivity index (χ1v) is 6.99. The maximum absolute atomic E-state index is 10.9. The van der Waals surface area contributed by atoms with Crippen molar-refractivity contribution in [2.45, 2.75) is 6.92 Å². The molecule has 2 heterocycles. The Morgan fingerprint density at radius 3 is 2.48 bits per heavy atom. The molecule has 0 atom stereocenters. The fourth-order valence-electron chi connectivity index (χ4n) is 2.12. The Morgan fingerprint density at radius 1 is 1.04 bits per heavy atom. The van der Waals surface area contributed by atoms with Gasteiger partial charge in [-0.3, -0.25) is 4.98 Å². The van der Waals surface area contributed by atoms with Crippen LogP contribution in [0.2, 0.25) is 0 Å². The smallest absolute Gasteiger partial charge is 0.335 e. The van der Waals surface area contributed by atoms with Crippen molar-refractivity contribution in [1.82, 2.24) is 15.0 Å². The molecule has 6 heteroatoms. The molecule has 2 N–H and O–H groups in total. The van der Waals surface area contributed by atoms with Crippen molar-refractivity contribution >= 4 is 17.5 Å². The largest absolute Gasteiger partial charge is 0.478 e. The molecule has 0 aliphatic carbocycles. The van der Waals surface area contributed by atoms with Crippen molar-refractivity contribution < 1.29 is 9.90 Å². The zero-order valence-corrected chi connectivity index (χ0v) is 12.4. The van der Waals surface area contributed by atoms with Crippen LogP contribution in [0, 0.1) is 6.92 Å². The Balaban J connectivity index is 1.88. The molecule has 0 aliphatic rings. The summed E-state index contributed by atoms with van der Waals surface area (Å²) in [6.45, 7) is 1.81. The van der Waals surface area contributed by atoms with E-state index in [0.29, 0.717) is 11.6 Å². The van der Waals surface area contributed by atoms with E-state index in [2.05, 4.69) is 20.3 Å². The first-order valence-electron chi connectivity index (χ1n) is 6.99. The first kappa shape index (κ1) is 14.6. The van der Waals surface area contributed by atoms with E-state index in [9.17, 15) is 4.79 Å². The third-order valence-corrected chi connectivity index (χ3v) is 3.17. The Kier molecular flexibility index (Phi) is 3.97. The van der Waals surface area contributed by atoms with Crippen molar-refractivity contribution in [3.63, 3.8) is 0 Å². The Labute approximate surface area is 132 Å². The number of rotatable bonds is 4. The van der Waals surface area contributed by atoms with E-state index >= 15 is 0 Å². The highest BCUT2D eigenvalue weighted by atomic mass is 16.4. The fraction of sp³-hybridized carbons (Fsp3) is 0.0588. The Bertz CT molecular complexity index is 833. The molecule has 6 nitrogen and oxygen atoms in total. The molecule has 114 valence electrons. The quantitative estimate of drug-likeness (QED) is 0.769. The second-order valence-corrected chi connectivity index (χ2v) is 4.91. The van der Waals surface area contributed by atoms with E-state index in [4.69, 9.17) is 5.11 Å². The summed E-state index contributed by atoms with van der Waals surface area (Å²) in [5.41, 5.74) is 2.48. The van der Waals surface area contributed by atoms with Crippen LogP contribution in [0.1, 0.15) is 16.2 Å². The summed E-state index contributed by atoms with van der Waals surface area (Å²) in [6, 6.07) is 13.9. The van der Waals surface area contributed by atoms with Crippen molar-refractivity contribution in [2.24, 2.45) is 0 Å². The van der Waals surface area contributed by atoms with Gasteiger partial charge in [0.05, 0.1) is 17.0 Å². The molecule has 0 amide bonds. The minimum Gasteiger partial charge on any atom is -0.478 e. The van der Waals surface area contributed by atoms with Gasteiger partial charge in [-0.25, -0.2) is 14.8 Å². The molecule has 0 saturated heterocycles. The van der Waals surface area contributed by atoms with Crippen LogP contribution < -0.4 is 5.32 Å². The van der Waals surface area contributed by atoms with Crippen molar-refractivity contribution in [3.05, 3.63) is 66.1 Å². The molecule has 3 aromatic rings. The van der Waals surface area contributed by atoms with E-state index in [1.54, 1.807) is 36.5 Å². The molecule has 0 fully saturated rings. The summed E-state index contributed by atoms with van der Waals surface area (Å²) >= 11 is 0. The van der Waals surface area contributed by atoms with Crippen LogP contribution in [0.4, 0.5) is 11.5 Å². The van der Waals surface area contributed by atoms with Crippen molar-refractivity contribution in [3.8, 4) is 11.4 Å². The number of aromatic nitrogens is 3. The highest BCUT2D eigenvalue weighted by Gasteiger charge is 2.06. The number of nitrogens with zero attached hydrogens (tertiary/aromatic N) is 3. The number of nitrogens with one attached hydrogen (secondary N) is 1. The van der Waals surface area contributed by atoms with E-state index in [-0.39, 0.29) is 5.56 Å². The fourth-order valence-corrected chi connectivity index (χ4v) is 2.12. The van der Waals surface area contributed by atoms with Gasteiger partial charge < -0.3 is 10.4 Å². The zero-order chi connectivity index (χ0) is 16.2. The minimum absolute atomic E-state index is 0.239. The number of carbonyl (C=O) groups is 1. The van der Waals surface area contributed by atoms with Gasteiger partial charge in [-0.15, -0.1) is 0 Å². The number of carboxylic acids is 1. The summed E-state index contributed by atoms with van der Waals surface area (Å²) < 4.78 is 0. The number of aromatic carboxylic acids is 1. The number of hydrogen-bond donors (Lipinski definition) is 2. The highest BCUT2D eigenvalue weighted by molar-refractivity contribution is 5.88. The SMILES string of the molecule is Cc1nc(Nc2ccc(C(=O)O)cc2)cc(-c2ccccn2)n1. The number of hydrogen-bond acceptors (Lipinski definition) is 5. The van der Waals surface area contributed by atoms with E-state index < -0.39 is 5.97 Å². The molecule has 2 aromatic heterocycles. The van der Waals surface area contributed by atoms with Crippen LogP contribution in [-0.4, -0.2) is 26.0 Å². The van der Waals surface area contributed by atoms with Crippen molar-refractivity contribution in [1.29, 1.82) is 0 Å². The van der Waals surface area contributed by atoms with Gasteiger partial charge >= 0.3 is 5.97 Å². The molecule has 1 aromatic carbocycles. The molecule has 0 aliphatic heterocycles. The van der Waals surface area contributed by atoms with Crippen molar-refractivity contribution in [2.75, 3.05) is 5.32 Å². The maximum Gasteiger partial charge on any atom is 0.335 e. The van der Waals surface area contributed by atoms with E-state index in [1.807, 2.05) is 25.1 Å². The number of carboxylic acid groups (broad SMARTS) is 1. The molecule has 0 saturated carbocycles.